The lowest BCUT2D eigenvalue weighted by Gasteiger charge is -2.03. The van der Waals surface area contributed by atoms with E-state index in [0.29, 0.717) is 0 Å². The summed E-state index contributed by atoms with van der Waals surface area (Å²) in [6, 6.07) is 2.25. The van der Waals surface area contributed by atoms with Crippen LogP contribution in [0.1, 0.15) is 25.1 Å². The zero-order valence-electron chi connectivity index (χ0n) is 5.89. The second kappa shape index (κ2) is 3.39. The van der Waals surface area contributed by atoms with Gasteiger partial charge in [0.1, 0.15) is 0 Å². The van der Waals surface area contributed by atoms with E-state index in [-0.39, 0.29) is 6.04 Å². The zero-order chi connectivity index (χ0) is 7.56. The Labute approximate surface area is 74.3 Å². The summed E-state index contributed by atoms with van der Waals surface area (Å²) in [7, 11) is 0. The number of halogens is 1. The first-order chi connectivity index (χ1) is 4.74. The average Bonchev–Trinajstić information content (AvgIpc) is 2.34. The van der Waals surface area contributed by atoms with E-state index in [4.69, 9.17) is 5.73 Å². The lowest BCUT2D eigenvalue weighted by molar-refractivity contribution is 0.680. The van der Waals surface area contributed by atoms with Crippen LogP contribution < -0.4 is 5.73 Å². The molecule has 0 radical (unpaired) electrons. The van der Waals surface area contributed by atoms with Crippen LogP contribution in [0.2, 0.25) is 0 Å². The number of hydrogen-bond donors (Lipinski definition) is 2. The van der Waals surface area contributed by atoms with Gasteiger partial charge < -0.3 is 10.7 Å². The highest BCUT2D eigenvalue weighted by atomic mass is 127. The van der Waals surface area contributed by atoms with Crippen LogP contribution in [-0.2, 0) is 0 Å². The van der Waals surface area contributed by atoms with Crippen LogP contribution in [0.3, 0.4) is 0 Å². The number of hydrogen-bond acceptors (Lipinski definition) is 1. The number of nitrogens with two attached hydrogens (primary N) is 1. The molecule has 1 atom stereocenters. The lowest BCUT2D eigenvalue weighted by atomic mass is 10.2. The molecular formula is C7H11IN2. The minimum atomic E-state index is 0.170. The van der Waals surface area contributed by atoms with E-state index in [0.717, 1.165) is 12.1 Å². The third-order valence-electron chi connectivity index (χ3n) is 1.51. The maximum atomic E-state index is 5.77. The van der Waals surface area contributed by atoms with Crippen molar-refractivity contribution in [1.82, 2.24) is 4.98 Å². The quantitative estimate of drug-likeness (QED) is 0.775. The Kier molecular flexibility index (Phi) is 2.73. The molecule has 0 aliphatic rings. The van der Waals surface area contributed by atoms with Crippen LogP contribution in [0.15, 0.2) is 12.3 Å². The Hall–Kier alpha value is -0.0300. The molecule has 0 aliphatic carbocycles. The summed E-state index contributed by atoms with van der Waals surface area (Å²) in [5, 5.41) is 0. The number of H-pyrrole nitrogens is 1. The van der Waals surface area contributed by atoms with Crippen LogP contribution in [0, 0.1) is 3.57 Å². The standard InChI is InChI=1S/C7H11IN2/c1-2-6(9)7-3-5(8)4-10-7/h3-4,6,10H,2,9H2,1H3/t6-/m1/s1. The molecule has 1 aromatic heterocycles. The highest BCUT2D eigenvalue weighted by Crippen LogP contribution is 2.14. The number of aromatic nitrogens is 1. The first-order valence-corrected chi connectivity index (χ1v) is 4.41. The SMILES string of the molecule is CC[C@@H](N)c1cc(I)c[nH]1. The van der Waals surface area contributed by atoms with Gasteiger partial charge in [-0.1, -0.05) is 6.92 Å². The van der Waals surface area contributed by atoms with Crippen molar-refractivity contribution in [2.75, 3.05) is 0 Å². The van der Waals surface area contributed by atoms with Gasteiger partial charge in [-0.05, 0) is 35.1 Å². The van der Waals surface area contributed by atoms with Gasteiger partial charge in [-0.15, -0.1) is 0 Å². The van der Waals surface area contributed by atoms with Crippen LogP contribution >= 0.6 is 22.6 Å². The van der Waals surface area contributed by atoms with Crippen LogP contribution in [0.25, 0.3) is 0 Å². The van der Waals surface area contributed by atoms with Crippen molar-refractivity contribution in [2.45, 2.75) is 19.4 Å². The molecule has 0 saturated carbocycles. The summed E-state index contributed by atoms with van der Waals surface area (Å²) >= 11 is 2.26. The van der Waals surface area contributed by atoms with E-state index in [1.165, 1.54) is 3.57 Å². The molecule has 1 rings (SSSR count). The van der Waals surface area contributed by atoms with E-state index >= 15 is 0 Å². The Morgan fingerprint density at radius 2 is 2.50 bits per heavy atom. The third-order valence-corrected chi connectivity index (χ3v) is 2.13. The first kappa shape index (κ1) is 8.07. The molecule has 0 aromatic carbocycles. The predicted octanol–water partition coefficient (Wildman–Crippen LogP) is 2.03. The molecule has 0 fully saturated rings. The molecule has 1 heterocycles. The summed E-state index contributed by atoms with van der Waals surface area (Å²) in [6.45, 7) is 2.08. The van der Waals surface area contributed by atoms with Gasteiger partial charge in [0.2, 0.25) is 0 Å². The Balaban J connectivity index is 2.74. The molecule has 56 valence electrons. The van der Waals surface area contributed by atoms with E-state index in [9.17, 15) is 0 Å². The van der Waals surface area contributed by atoms with Gasteiger partial charge in [-0.3, -0.25) is 0 Å². The molecule has 3 N–H and O–H groups in total. The Morgan fingerprint density at radius 1 is 1.80 bits per heavy atom. The normalized spacial score (nSPS) is 13.5. The predicted molar refractivity (Wildman–Crippen MR) is 50.7 cm³/mol. The fourth-order valence-corrected chi connectivity index (χ4v) is 1.31. The van der Waals surface area contributed by atoms with Crippen molar-refractivity contribution < 1.29 is 0 Å². The fraction of sp³-hybridized carbons (Fsp3) is 0.429. The average molecular weight is 250 g/mol. The van der Waals surface area contributed by atoms with Crippen molar-refractivity contribution in [1.29, 1.82) is 0 Å². The smallest absolute Gasteiger partial charge is 0.0445 e. The molecule has 0 spiro atoms. The Morgan fingerprint density at radius 3 is 2.90 bits per heavy atom. The number of aromatic amines is 1. The van der Waals surface area contributed by atoms with Gasteiger partial charge in [0.15, 0.2) is 0 Å². The molecule has 2 nitrogen and oxygen atoms in total. The van der Waals surface area contributed by atoms with Crippen molar-refractivity contribution >= 4 is 22.6 Å². The minimum absolute atomic E-state index is 0.170. The minimum Gasteiger partial charge on any atom is -0.363 e. The van der Waals surface area contributed by atoms with Crippen LogP contribution in [-0.4, -0.2) is 4.98 Å². The zero-order valence-corrected chi connectivity index (χ0v) is 8.05. The van der Waals surface area contributed by atoms with E-state index in [2.05, 4.69) is 40.6 Å². The first-order valence-electron chi connectivity index (χ1n) is 3.33. The maximum Gasteiger partial charge on any atom is 0.0445 e. The summed E-state index contributed by atoms with van der Waals surface area (Å²) in [4.78, 5) is 3.12. The largest absolute Gasteiger partial charge is 0.363 e. The monoisotopic (exact) mass is 250 g/mol. The van der Waals surface area contributed by atoms with Crippen molar-refractivity contribution in [3.05, 3.63) is 21.5 Å². The number of nitrogens with one attached hydrogen (secondary N) is 1. The Bertz CT molecular complexity index is 207. The van der Waals surface area contributed by atoms with Crippen molar-refractivity contribution in [3.63, 3.8) is 0 Å². The molecule has 0 aliphatic heterocycles. The van der Waals surface area contributed by atoms with E-state index in [1.807, 2.05) is 6.20 Å². The molecule has 0 bridgehead atoms. The topological polar surface area (TPSA) is 41.8 Å². The fourth-order valence-electron chi connectivity index (χ4n) is 0.818. The molecule has 10 heavy (non-hydrogen) atoms. The summed E-state index contributed by atoms with van der Waals surface area (Å²) in [5.41, 5.74) is 6.90. The van der Waals surface area contributed by atoms with Gasteiger partial charge in [-0.25, -0.2) is 0 Å². The van der Waals surface area contributed by atoms with Crippen LogP contribution in [0.4, 0.5) is 0 Å². The highest BCUT2D eigenvalue weighted by molar-refractivity contribution is 14.1. The molecular weight excluding hydrogens is 239 g/mol. The third kappa shape index (κ3) is 1.73. The van der Waals surface area contributed by atoms with Gasteiger partial charge in [0.05, 0.1) is 0 Å². The van der Waals surface area contributed by atoms with Gasteiger partial charge in [-0.2, -0.15) is 0 Å². The van der Waals surface area contributed by atoms with E-state index < -0.39 is 0 Å². The molecule has 0 amide bonds. The maximum absolute atomic E-state index is 5.77. The van der Waals surface area contributed by atoms with Gasteiger partial charge in [0.25, 0.3) is 0 Å². The van der Waals surface area contributed by atoms with Crippen LogP contribution in [0.5, 0.6) is 0 Å². The van der Waals surface area contributed by atoms with Gasteiger partial charge in [0, 0.05) is 21.5 Å². The molecule has 0 unspecified atom stereocenters. The van der Waals surface area contributed by atoms with Crippen molar-refractivity contribution in [2.24, 2.45) is 5.73 Å². The van der Waals surface area contributed by atoms with E-state index in [1.54, 1.807) is 0 Å². The molecule has 1 aromatic rings. The highest BCUT2D eigenvalue weighted by Gasteiger charge is 2.03. The summed E-state index contributed by atoms with van der Waals surface area (Å²) in [6.07, 6.45) is 2.95. The summed E-state index contributed by atoms with van der Waals surface area (Å²) < 4.78 is 1.22. The summed E-state index contributed by atoms with van der Waals surface area (Å²) in [5.74, 6) is 0. The second-order valence-electron chi connectivity index (χ2n) is 2.29. The van der Waals surface area contributed by atoms with Crippen molar-refractivity contribution in [3.8, 4) is 0 Å². The molecule has 3 heteroatoms. The lowest BCUT2D eigenvalue weighted by Crippen LogP contribution is -2.08. The molecule has 0 saturated heterocycles. The number of rotatable bonds is 2. The second-order valence-corrected chi connectivity index (χ2v) is 3.53. The van der Waals surface area contributed by atoms with Gasteiger partial charge >= 0.3 is 0 Å².